The molecule has 2 heterocycles. The molecule has 118 valence electrons. The Hall–Kier alpha value is -1.88. The smallest absolute Gasteiger partial charge is 0.308 e. The number of hydrogen-bond donors (Lipinski definition) is 1. The summed E-state index contributed by atoms with van der Waals surface area (Å²) in [5, 5.41) is 9.08. The van der Waals surface area contributed by atoms with E-state index in [4.69, 9.17) is 5.11 Å². The van der Waals surface area contributed by atoms with Crippen LogP contribution in [0.25, 0.3) is 0 Å². The molecule has 2 saturated heterocycles. The average molecular weight is 302 g/mol. The van der Waals surface area contributed by atoms with Gasteiger partial charge in [-0.05, 0) is 31.4 Å². The van der Waals surface area contributed by atoms with Crippen molar-refractivity contribution < 1.29 is 14.7 Å². The van der Waals surface area contributed by atoms with Crippen molar-refractivity contribution in [2.24, 2.45) is 5.92 Å². The van der Waals surface area contributed by atoms with E-state index in [0.29, 0.717) is 19.5 Å². The molecule has 0 aromatic heterocycles. The Kier molecular flexibility index (Phi) is 4.43. The van der Waals surface area contributed by atoms with Crippen LogP contribution in [-0.4, -0.2) is 52.5 Å². The van der Waals surface area contributed by atoms with Crippen molar-refractivity contribution in [1.82, 2.24) is 9.80 Å². The fourth-order valence-corrected chi connectivity index (χ4v) is 3.49. The van der Waals surface area contributed by atoms with E-state index in [1.807, 2.05) is 18.2 Å². The topological polar surface area (TPSA) is 60.9 Å². The van der Waals surface area contributed by atoms with E-state index in [1.54, 1.807) is 4.90 Å². The molecule has 1 aromatic carbocycles. The second kappa shape index (κ2) is 6.48. The zero-order valence-electron chi connectivity index (χ0n) is 12.6. The largest absolute Gasteiger partial charge is 0.481 e. The molecule has 2 fully saturated rings. The highest BCUT2D eigenvalue weighted by molar-refractivity contribution is 5.83. The van der Waals surface area contributed by atoms with E-state index in [0.717, 1.165) is 25.9 Å². The molecule has 3 rings (SSSR count). The van der Waals surface area contributed by atoms with Crippen LogP contribution in [0.15, 0.2) is 30.3 Å². The van der Waals surface area contributed by atoms with Gasteiger partial charge in [-0.15, -0.1) is 0 Å². The normalized spacial score (nSPS) is 25.5. The molecule has 2 atom stereocenters. The van der Waals surface area contributed by atoms with Gasteiger partial charge in [0, 0.05) is 19.6 Å². The SMILES string of the molecule is O=C(O)[C@H]1CCN(C(=O)[C@@H]2CCCN2Cc2ccccc2)C1. The minimum absolute atomic E-state index is 0.0900. The van der Waals surface area contributed by atoms with Gasteiger partial charge in [0.2, 0.25) is 5.91 Å². The summed E-state index contributed by atoms with van der Waals surface area (Å²) in [6.45, 7) is 2.66. The van der Waals surface area contributed by atoms with Crippen LogP contribution in [0.4, 0.5) is 0 Å². The van der Waals surface area contributed by atoms with E-state index in [-0.39, 0.29) is 11.9 Å². The van der Waals surface area contributed by atoms with E-state index < -0.39 is 11.9 Å². The number of carboxylic acid groups (broad SMARTS) is 1. The number of hydrogen-bond acceptors (Lipinski definition) is 3. The minimum Gasteiger partial charge on any atom is -0.481 e. The molecule has 1 N–H and O–H groups in total. The van der Waals surface area contributed by atoms with Crippen molar-refractivity contribution in [3.8, 4) is 0 Å². The van der Waals surface area contributed by atoms with Crippen LogP contribution in [0.5, 0.6) is 0 Å². The highest BCUT2D eigenvalue weighted by Gasteiger charge is 2.38. The van der Waals surface area contributed by atoms with Gasteiger partial charge in [0.15, 0.2) is 0 Å². The lowest BCUT2D eigenvalue weighted by Gasteiger charge is -2.27. The highest BCUT2D eigenvalue weighted by atomic mass is 16.4. The molecule has 0 radical (unpaired) electrons. The highest BCUT2D eigenvalue weighted by Crippen LogP contribution is 2.25. The summed E-state index contributed by atoms with van der Waals surface area (Å²) >= 11 is 0. The molecule has 5 nitrogen and oxygen atoms in total. The van der Waals surface area contributed by atoms with Gasteiger partial charge in [-0.25, -0.2) is 0 Å². The molecule has 0 spiro atoms. The van der Waals surface area contributed by atoms with Gasteiger partial charge in [0.1, 0.15) is 0 Å². The lowest BCUT2D eigenvalue weighted by atomic mass is 10.1. The molecule has 0 saturated carbocycles. The predicted octanol–water partition coefficient (Wildman–Crippen LogP) is 1.58. The fourth-order valence-electron chi connectivity index (χ4n) is 3.49. The van der Waals surface area contributed by atoms with Gasteiger partial charge in [0.25, 0.3) is 0 Å². The molecular formula is C17H22N2O3. The summed E-state index contributed by atoms with van der Waals surface area (Å²) in [5.74, 6) is -1.08. The summed E-state index contributed by atoms with van der Waals surface area (Å²) in [5.41, 5.74) is 1.21. The van der Waals surface area contributed by atoms with Crippen LogP contribution in [0.3, 0.4) is 0 Å². The number of carboxylic acids is 1. The number of benzene rings is 1. The number of carbonyl (C=O) groups excluding carboxylic acids is 1. The van der Waals surface area contributed by atoms with Crippen molar-refractivity contribution in [2.75, 3.05) is 19.6 Å². The summed E-state index contributed by atoms with van der Waals surface area (Å²) in [4.78, 5) is 27.7. The summed E-state index contributed by atoms with van der Waals surface area (Å²) < 4.78 is 0. The maximum absolute atomic E-state index is 12.7. The molecule has 0 bridgehead atoms. The first-order valence-corrected chi connectivity index (χ1v) is 7.94. The third-order valence-corrected chi connectivity index (χ3v) is 4.73. The fraction of sp³-hybridized carbons (Fsp3) is 0.529. The predicted molar refractivity (Wildman–Crippen MR) is 82.2 cm³/mol. The van der Waals surface area contributed by atoms with Crippen molar-refractivity contribution in [2.45, 2.75) is 31.8 Å². The van der Waals surface area contributed by atoms with Crippen molar-refractivity contribution in [1.29, 1.82) is 0 Å². The third-order valence-electron chi connectivity index (χ3n) is 4.73. The van der Waals surface area contributed by atoms with E-state index in [2.05, 4.69) is 17.0 Å². The maximum Gasteiger partial charge on any atom is 0.308 e. The second-order valence-corrected chi connectivity index (χ2v) is 6.22. The Bertz CT molecular complexity index is 546. The van der Waals surface area contributed by atoms with E-state index in [9.17, 15) is 9.59 Å². The molecule has 2 aliphatic rings. The number of rotatable bonds is 4. The van der Waals surface area contributed by atoms with Crippen molar-refractivity contribution in [3.63, 3.8) is 0 Å². The van der Waals surface area contributed by atoms with Crippen LogP contribution in [0.2, 0.25) is 0 Å². The van der Waals surface area contributed by atoms with Crippen LogP contribution in [0, 0.1) is 5.92 Å². The molecule has 0 aliphatic carbocycles. The monoisotopic (exact) mass is 302 g/mol. The molecule has 2 aliphatic heterocycles. The first kappa shape index (κ1) is 15.0. The summed E-state index contributed by atoms with van der Waals surface area (Å²) in [6, 6.07) is 10.1. The van der Waals surface area contributed by atoms with E-state index >= 15 is 0 Å². The molecule has 1 aromatic rings. The number of carbonyl (C=O) groups is 2. The number of amides is 1. The maximum atomic E-state index is 12.7. The molecular weight excluding hydrogens is 280 g/mol. The number of nitrogens with zero attached hydrogens (tertiary/aromatic N) is 2. The first-order chi connectivity index (χ1) is 10.6. The van der Waals surface area contributed by atoms with Crippen LogP contribution < -0.4 is 0 Å². The van der Waals surface area contributed by atoms with Gasteiger partial charge < -0.3 is 10.0 Å². The van der Waals surface area contributed by atoms with Gasteiger partial charge in [-0.3, -0.25) is 14.5 Å². The molecule has 5 heteroatoms. The van der Waals surface area contributed by atoms with Crippen LogP contribution in [-0.2, 0) is 16.1 Å². The number of likely N-dealkylation sites (tertiary alicyclic amines) is 2. The van der Waals surface area contributed by atoms with Crippen LogP contribution >= 0.6 is 0 Å². The van der Waals surface area contributed by atoms with Crippen LogP contribution in [0.1, 0.15) is 24.8 Å². The Balaban J connectivity index is 1.63. The van der Waals surface area contributed by atoms with E-state index in [1.165, 1.54) is 5.56 Å². The Labute approximate surface area is 130 Å². The third kappa shape index (κ3) is 3.14. The first-order valence-electron chi connectivity index (χ1n) is 7.94. The zero-order chi connectivity index (χ0) is 15.5. The van der Waals surface area contributed by atoms with Gasteiger partial charge in [-0.2, -0.15) is 0 Å². The minimum atomic E-state index is -0.789. The van der Waals surface area contributed by atoms with Gasteiger partial charge in [-0.1, -0.05) is 30.3 Å². The second-order valence-electron chi connectivity index (χ2n) is 6.22. The average Bonchev–Trinajstić information content (AvgIpc) is 3.17. The Morgan fingerprint density at radius 3 is 2.59 bits per heavy atom. The van der Waals surface area contributed by atoms with Crippen molar-refractivity contribution in [3.05, 3.63) is 35.9 Å². The summed E-state index contributed by atoms with van der Waals surface area (Å²) in [7, 11) is 0. The lowest BCUT2D eigenvalue weighted by Crippen LogP contribution is -2.44. The lowest BCUT2D eigenvalue weighted by molar-refractivity contribution is -0.141. The zero-order valence-corrected chi connectivity index (χ0v) is 12.6. The number of aliphatic carboxylic acids is 1. The standard InChI is InChI=1S/C17H22N2O3/c20-16(19-10-8-14(12-19)17(21)22)15-7-4-9-18(15)11-13-5-2-1-3-6-13/h1-3,5-6,14-15H,4,7-12H2,(H,21,22)/t14-,15-/m0/s1. The van der Waals surface area contributed by atoms with Crippen molar-refractivity contribution >= 4 is 11.9 Å². The van der Waals surface area contributed by atoms with Gasteiger partial charge in [0.05, 0.1) is 12.0 Å². The molecule has 1 amide bonds. The molecule has 0 unspecified atom stereocenters. The van der Waals surface area contributed by atoms with Gasteiger partial charge >= 0.3 is 5.97 Å². The Morgan fingerprint density at radius 1 is 1.14 bits per heavy atom. The molecule has 22 heavy (non-hydrogen) atoms. The Morgan fingerprint density at radius 2 is 1.91 bits per heavy atom. The quantitative estimate of drug-likeness (QED) is 0.917. The summed E-state index contributed by atoms with van der Waals surface area (Å²) in [6.07, 6.45) is 2.48.